The van der Waals surface area contributed by atoms with Crippen LogP contribution in [0.4, 0.5) is 11.4 Å². The molecule has 1 N–H and O–H groups in total. The molecule has 3 rings (SSSR count). The van der Waals surface area contributed by atoms with Gasteiger partial charge in [0.2, 0.25) is 11.8 Å². The van der Waals surface area contributed by atoms with Crippen molar-refractivity contribution in [3.8, 4) is 0 Å². The van der Waals surface area contributed by atoms with E-state index in [9.17, 15) is 14.4 Å². The molecule has 0 spiro atoms. The normalized spacial score (nSPS) is 16.1. The zero-order chi connectivity index (χ0) is 20.1. The summed E-state index contributed by atoms with van der Waals surface area (Å²) < 4.78 is 4.94. The van der Waals surface area contributed by atoms with Gasteiger partial charge in [-0.2, -0.15) is 0 Å². The molecule has 0 aromatic heterocycles. The molecule has 0 saturated carbocycles. The fourth-order valence-corrected chi connectivity index (χ4v) is 4.07. The minimum absolute atomic E-state index is 0.0667. The molecule has 0 aliphatic carbocycles. The Morgan fingerprint density at radius 2 is 1.89 bits per heavy atom. The Morgan fingerprint density at radius 1 is 1.18 bits per heavy atom. The molecule has 1 aliphatic rings. The second-order valence-corrected chi connectivity index (χ2v) is 7.91. The molecule has 0 bridgehead atoms. The largest absolute Gasteiger partial charge is 0.462 e. The summed E-state index contributed by atoms with van der Waals surface area (Å²) in [5.41, 5.74) is 1.73. The monoisotopic (exact) mass is 398 g/mol. The third-order valence-corrected chi connectivity index (χ3v) is 5.40. The third-order valence-electron chi connectivity index (χ3n) is 4.23. The quantitative estimate of drug-likeness (QED) is 0.777. The van der Waals surface area contributed by atoms with Crippen molar-refractivity contribution in [2.75, 3.05) is 23.4 Å². The first kappa shape index (κ1) is 19.9. The fourth-order valence-electron chi connectivity index (χ4n) is 2.95. The van der Waals surface area contributed by atoms with Crippen molar-refractivity contribution in [3.63, 3.8) is 0 Å². The Balaban J connectivity index is 1.70. The zero-order valence-electron chi connectivity index (χ0n) is 15.8. The van der Waals surface area contributed by atoms with E-state index in [0.29, 0.717) is 24.3 Å². The molecular formula is C21H22N2O4S. The van der Waals surface area contributed by atoms with Gasteiger partial charge in [-0.25, -0.2) is 4.79 Å². The maximum Gasteiger partial charge on any atom is 0.338 e. The van der Waals surface area contributed by atoms with Crippen LogP contribution >= 0.6 is 11.8 Å². The summed E-state index contributed by atoms with van der Waals surface area (Å²) in [4.78, 5) is 39.4. The van der Waals surface area contributed by atoms with Crippen LogP contribution in [0.3, 0.4) is 0 Å². The number of anilines is 2. The molecule has 1 heterocycles. The predicted octanol–water partition coefficient (Wildman–Crippen LogP) is 3.72. The highest BCUT2D eigenvalue weighted by Crippen LogP contribution is 2.37. The number of rotatable bonds is 5. The fraction of sp³-hybridized carbons (Fsp3) is 0.286. The molecule has 2 amide bonds. The Bertz CT molecular complexity index is 882. The number of esters is 1. The summed E-state index contributed by atoms with van der Waals surface area (Å²) in [6.45, 7) is 3.99. The molecule has 6 nitrogen and oxygen atoms in total. The molecule has 1 atom stereocenters. The van der Waals surface area contributed by atoms with E-state index in [1.54, 1.807) is 43.0 Å². The summed E-state index contributed by atoms with van der Waals surface area (Å²) in [6.07, 6.45) is 0.376. The molecule has 2 aromatic rings. The van der Waals surface area contributed by atoms with Crippen LogP contribution in [0.25, 0.3) is 0 Å². The number of amides is 2. The first-order valence-electron chi connectivity index (χ1n) is 9.11. The van der Waals surface area contributed by atoms with Gasteiger partial charge in [-0.05, 0) is 43.3 Å². The summed E-state index contributed by atoms with van der Waals surface area (Å²) in [5.74, 6) is -0.775. The number of para-hydroxylation sites is 1. The van der Waals surface area contributed by atoms with E-state index in [1.807, 2.05) is 31.2 Å². The highest BCUT2D eigenvalue weighted by atomic mass is 32.2. The van der Waals surface area contributed by atoms with E-state index in [-0.39, 0.29) is 23.6 Å². The highest BCUT2D eigenvalue weighted by molar-refractivity contribution is 8.00. The SMILES string of the molecule is CCOC(=O)c1ccc(NC(=O)CN2C(=O)C[C@@H](C)Sc3ccccc32)cc1. The Hall–Kier alpha value is -2.80. The number of thioether (sulfide) groups is 1. The topological polar surface area (TPSA) is 75.7 Å². The van der Waals surface area contributed by atoms with Crippen molar-refractivity contribution < 1.29 is 19.1 Å². The van der Waals surface area contributed by atoms with Crippen LogP contribution in [0.1, 0.15) is 30.6 Å². The number of ether oxygens (including phenoxy) is 1. The molecule has 28 heavy (non-hydrogen) atoms. The number of carbonyl (C=O) groups is 3. The summed E-state index contributed by atoms with van der Waals surface area (Å²) in [5, 5.41) is 2.93. The lowest BCUT2D eigenvalue weighted by molar-refractivity contribution is -0.121. The third kappa shape index (κ3) is 4.72. The molecule has 2 aromatic carbocycles. The van der Waals surface area contributed by atoms with Crippen molar-refractivity contribution in [2.45, 2.75) is 30.4 Å². The van der Waals surface area contributed by atoms with Crippen molar-refractivity contribution in [1.82, 2.24) is 0 Å². The Kier molecular flexibility index (Phi) is 6.36. The van der Waals surface area contributed by atoms with Crippen LogP contribution in [0, 0.1) is 0 Å². The van der Waals surface area contributed by atoms with E-state index in [1.165, 1.54) is 4.90 Å². The lowest BCUT2D eigenvalue weighted by Crippen LogP contribution is -2.38. The van der Waals surface area contributed by atoms with Crippen LogP contribution in [0.15, 0.2) is 53.4 Å². The lowest BCUT2D eigenvalue weighted by Gasteiger charge is -2.22. The van der Waals surface area contributed by atoms with Gasteiger partial charge in [-0.3, -0.25) is 9.59 Å². The van der Waals surface area contributed by atoms with Crippen LogP contribution in [-0.2, 0) is 14.3 Å². The van der Waals surface area contributed by atoms with Crippen molar-refractivity contribution in [3.05, 3.63) is 54.1 Å². The number of benzene rings is 2. The van der Waals surface area contributed by atoms with Crippen LogP contribution in [0.2, 0.25) is 0 Å². The average Bonchev–Trinajstić information content (AvgIpc) is 2.78. The summed E-state index contributed by atoms with van der Waals surface area (Å²) in [6, 6.07) is 14.1. The molecule has 0 radical (unpaired) electrons. The van der Waals surface area contributed by atoms with Crippen LogP contribution in [0.5, 0.6) is 0 Å². The number of nitrogens with zero attached hydrogens (tertiary/aromatic N) is 1. The van der Waals surface area contributed by atoms with Gasteiger partial charge in [-0.1, -0.05) is 19.1 Å². The smallest absolute Gasteiger partial charge is 0.338 e. The van der Waals surface area contributed by atoms with E-state index < -0.39 is 5.97 Å². The molecule has 0 fully saturated rings. The summed E-state index contributed by atoms with van der Waals surface area (Å²) >= 11 is 1.64. The van der Waals surface area contributed by atoms with Gasteiger partial charge < -0.3 is 15.0 Å². The van der Waals surface area contributed by atoms with Crippen molar-refractivity contribution in [1.29, 1.82) is 0 Å². The first-order chi connectivity index (χ1) is 13.5. The number of nitrogens with one attached hydrogen (secondary N) is 1. The number of hydrogen-bond donors (Lipinski definition) is 1. The predicted molar refractivity (Wildman–Crippen MR) is 110 cm³/mol. The van der Waals surface area contributed by atoms with E-state index in [2.05, 4.69) is 5.32 Å². The molecule has 7 heteroatoms. The van der Waals surface area contributed by atoms with Gasteiger partial charge >= 0.3 is 5.97 Å². The van der Waals surface area contributed by atoms with E-state index in [0.717, 1.165) is 10.6 Å². The van der Waals surface area contributed by atoms with E-state index in [4.69, 9.17) is 4.74 Å². The number of carbonyl (C=O) groups excluding carboxylic acids is 3. The van der Waals surface area contributed by atoms with Crippen LogP contribution < -0.4 is 10.2 Å². The maximum absolute atomic E-state index is 12.6. The Labute approximate surface area is 168 Å². The second-order valence-electron chi connectivity index (χ2n) is 6.43. The number of hydrogen-bond acceptors (Lipinski definition) is 5. The minimum Gasteiger partial charge on any atom is -0.462 e. The van der Waals surface area contributed by atoms with Gasteiger partial charge in [0.15, 0.2) is 0 Å². The zero-order valence-corrected chi connectivity index (χ0v) is 16.6. The molecule has 1 aliphatic heterocycles. The molecular weight excluding hydrogens is 376 g/mol. The first-order valence-corrected chi connectivity index (χ1v) is 9.99. The lowest BCUT2D eigenvalue weighted by atomic mass is 10.2. The van der Waals surface area contributed by atoms with Crippen molar-refractivity contribution in [2.24, 2.45) is 0 Å². The van der Waals surface area contributed by atoms with Gasteiger partial charge in [0.1, 0.15) is 6.54 Å². The highest BCUT2D eigenvalue weighted by Gasteiger charge is 2.27. The van der Waals surface area contributed by atoms with Gasteiger partial charge in [0.25, 0.3) is 0 Å². The minimum atomic E-state index is -0.404. The van der Waals surface area contributed by atoms with Gasteiger partial charge in [0.05, 0.1) is 17.9 Å². The molecule has 0 unspecified atom stereocenters. The van der Waals surface area contributed by atoms with E-state index >= 15 is 0 Å². The Morgan fingerprint density at radius 3 is 2.61 bits per heavy atom. The standard InChI is InChI=1S/C21H22N2O4S/c1-3-27-21(26)15-8-10-16(11-9-15)22-19(24)13-23-17-6-4-5-7-18(17)28-14(2)12-20(23)25/h4-11,14H,3,12-13H2,1-2H3,(H,22,24)/t14-/m1/s1. The molecule has 146 valence electrons. The van der Waals surface area contributed by atoms with Crippen molar-refractivity contribution >= 4 is 40.9 Å². The molecule has 0 saturated heterocycles. The van der Waals surface area contributed by atoms with Gasteiger partial charge in [-0.15, -0.1) is 11.8 Å². The van der Waals surface area contributed by atoms with Gasteiger partial charge in [0, 0.05) is 22.3 Å². The van der Waals surface area contributed by atoms with Crippen LogP contribution in [-0.4, -0.2) is 36.2 Å². The maximum atomic E-state index is 12.6. The average molecular weight is 398 g/mol. The number of fused-ring (bicyclic) bond motifs is 1. The second kappa shape index (κ2) is 8.93. The summed E-state index contributed by atoms with van der Waals surface area (Å²) in [7, 11) is 0.